The van der Waals surface area contributed by atoms with Gasteiger partial charge in [-0.05, 0) is 23.3 Å². The average molecular weight is 316 g/mol. The minimum atomic E-state index is -0.894. The first-order valence-electron chi connectivity index (χ1n) is 7.01. The lowest BCUT2D eigenvalue weighted by Gasteiger charge is -2.17. The highest BCUT2D eigenvalue weighted by Crippen LogP contribution is 2.14. The van der Waals surface area contributed by atoms with Crippen molar-refractivity contribution in [3.8, 4) is 0 Å². The van der Waals surface area contributed by atoms with Gasteiger partial charge in [0.1, 0.15) is 5.82 Å². The van der Waals surface area contributed by atoms with E-state index in [0.29, 0.717) is 5.56 Å². The highest BCUT2D eigenvalue weighted by atomic mass is 19.1. The monoisotopic (exact) mass is 316 g/mol. The molecule has 120 valence electrons. The third kappa shape index (κ3) is 4.81. The molecule has 0 aromatic heterocycles. The first-order valence-corrected chi connectivity index (χ1v) is 7.01. The molecule has 0 saturated heterocycles. The quantitative estimate of drug-likeness (QED) is 0.833. The Morgan fingerprint density at radius 2 is 1.74 bits per heavy atom. The summed E-state index contributed by atoms with van der Waals surface area (Å²) < 4.78 is 17.5. The Hall–Kier alpha value is -2.89. The van der Waals surface area contributed by atoms with Crippen LogP contribution in [-0.2, 0) is 16.1 Å². The Bertz CT molecular complexity index is 659. The third-order valence-corrected chi connectivity index (χ3v) is 3.21. The minimum absolute atomic E-state index is 0.217. The Kier molecular flexibility index (Phi) is 5.68. The Labute approximate surface area is 133 Å². The van der Waals surface area contributed by atoms with Gasteiger partial charge in [-0.3, -0.25) is 0 Å². The molecule has 5 nitrogen and oxygen atoms in total. The maximum Gasteiger partial charge on any atom is 0.333 e. The second kappa shape index (κ2) is 7.93. The molecule has 0 fully saturated rings. The standard InChI is InChI=1S/C17H17FN2O3/c1-23-16(21)15(13-5-3-2-4-6-13)20-17(22)19-11-12-7-9-14(18)10-8-12/h2-10,15H,11H2,1H3,(H2,19,20,22). The number of benzene rings is 2. The molecule has 0 bridgehead atoms. The Balaban J connectivity index is 1.97. The molecule has 1 unspecified atom stereocenters. The molecule has 2 N–H and O–H groups in total. The maximum absolute atomic E-state index is 12.8. The van der Waals surface area contributed by atoms with Gasteiger partial charge >= 0.3 is 12.0 Å². The van der Waals surface area contributed by atoms with Crippen LogP contribution in [0.2, 0.25) is 0 Å². The molecule has 23 heavy (non-hydrogen) atoms. The van der Waals surface area contributed by atoms with Crippen LogP contribution in [0.5, 0.6) is 0 Å². The van der Waals surface area contributed by atoms with Crippen LogP contribution >= 0.6 is 0 Å². The van der Waals surface area contributed by atoms with Gasteiger partial charge in [0.25, 0.3) is 0 Å². The molecule has 0 aliphatic heterocycles. The van der Waals surface area contributed by atoms with Gasteiger partial charge in [0.05, 0.1) is 7.11 Å². The Morgan fingerprint density at radius 1 is 1.09 bits per heavy atom. The van der Waals surface area contributed by atoms with Gasteiger partial charge in [-0.25, -0.2) is 14.0 Å². The molecule has 0 aliphatic carbocycles. The fourth-order valence-corrected chi connectivity index (χ4v) is 2.01. The van der Waals surface area contributed by atoms with E-state index in [1.165, 1.54) is 19.2 Å². The van der Waals surface area contributed by atoms with E-state index in [-0.39, 0.29) is 12.4 Å². The van der Waals surface area contributed by atoms with Crippen LogP contribution in [0.1, 0.15) is 17.2 Å². The summed E-state index contributed by atoms with van der Waals surface area (Å²) >= 11 is 0. The van der Waals surface area contributed by atoms with E-state index in [9.17, 15) is 14.0 Å². The first-order chi connectivity index (χ1) is 11.1. The molecule has 0 spiro atoms. The zero-order valence-corrected chi connectivity index (χ0v) is 12.6. The van der Waals surface area contributed by atoms with Crippen LogP contribution < -0.4 is 10.6 Å². The van der Waals surface area contributed by atoms with Crippen LogP contribution in [0, 0.1) is 5.82 Å². The summed E-state index contributed by atoms with van der Waals surface area (Å²) in [5.41, 5.74) is 1.37. The van der Waals surface area contributed by atoms with Crippen molar-refractivity contribution in [2.75, 3.05) is 7.11 Å². The van der Waals surface area contributed by atoms with E-state index in [2.05, 4.69) is 10.6 Å². The molecule has 2 amide bonds. The van der Waals surface area contributed by atoms with Gasteiger partial charge in [0.15, 0.2) is 6.04 Å². The number of carbonyl (C=O) groups excluding carboxylic acids is 2. The largest absolute Gasteiger partial charge is 0.467 e. The summed E-state index contributed by atoms with van der Waals surface area (Å²) in [6.45, 7) is 0.217. The van der Waals surface area contributed by atoms with E-state index in [4.69, 9.17) is 4.74 Å². The molecule has 0 radical (unpaired) electrons. The molecular weight excluding hydrogens is 299 g/mol. The number of rotatable bonds is 5. The number of nitrogens with one attached hydrogen (secondary N) is 2. The number of esters is 1. The van der Waals surface area contributed by atoms with Crippen molar-refractivity contribution in [1.82, 2.24) is 10.6 Å². The Morgan fingerprint density at radius 3 is 2.35 bits per heavy atom. The zero-order chi connectivity index (χ0) is 16.7. The van der Waals surface area contributed by atoms with Crippen molar-refractivity contribution in [3.63, 3.8) is 0 Å². The normalized spacial score (nSPS) is 11.4. The van der Waals surface area contributed by atoms with Crippen LogP contribution in [0.3, 0.4) is 0 Å². The topological polar surface area (TPSA) is 67.4 Å². The summed E-state index contributed by atoms with van der Waals surface area (Å²) in [4.78, 5) is 23.8. The molecule has 2 aromatic rings. The minimum Gasteiger partial charge on any atom is -0.467 e. The summed E-state index contributed by atoms with van der Waals surface area (Å²) in [6, 6.07) is 13.2. The summed E-state index contributed by atoms with van der Waals surface area (Å²) in [6.07, 6.45) is 0. The first kappa shape index (κ1) is 16.5. The molecule has 2 rings (SSSR count). The smallest absolute Gasteiger partial charge is 0.333 e. The number of hydrogen-bond donors (Lipinski definition) is 2. The fourth-order valence-electron chi connectivity index (χ4n) is 2.01. The van der Waals surface area contributed by atoms with Gasteiger partial charge < -0.3 is 15.4 Å². The van der Waals surface area contributed by atoms with Gasteiger partial charge in [0.2, 0.25) is 0 Å². The third-order valence-electron chi connectivity index (χ3n) is 3.21. The molecule has 2 aromatic carbocycles. The predicted octanol–water partition coefficient (Wildman–Crippen LogP) is 2.54. The zero-order valence-electron chi connectivity index (χ0n) is 12.6. The SMILES string of the molecule is COC(=O)C(NC(=O)NCc1ccc(F)cc1)c1ccccc1. The number of urea groups is 1. The van der Waals surface area contributed by atoms with Gasteiger partial charge in [0, 0.05) is 6.54 Å². The van der Waals surface area contributed by atoms with E-state index >= 15 is 0 Å². The van der Waals surface area contributed by atoms with Gasteiger partial charge in [-0.15, -0.1) is 0 Å². The lowest BCUT2D eigenvalue weighted by Crippen LogP contribution is -2.41. The van der Waals surface area contributed by atoms with Crippen molar-refractivity contribution in [3.05, 3.63) is 71.5 Å². The second-order valence-corrected chi connectivity index (χ2v) is 4.82. The molecule has 0 heterocycles. The lowest BCUT2D eigenvalue weighted by atomic mass is 10.1. The highest BCUT2D eigenvalue weighted by molar-refractivity contribution is 5.84. The van der Waals surface area contributed by atoms with Crippen molar-refractivity contribution in [2.45, 2.75) is 12.6 Å². The predicted molar refractivity (Wildman–Crippen MR) is 83.0 cm³/mol. The highest BCUT2D eigenvalue weighted by Gasteiger charge is 2.23. The number of carbonyl (C=O) groups is 2. The molecule has 0 aliphatic rings. The van der Waals surface area contributed by atoms with Crippen LogP contribution in [0.15, 0.2) is 54.6 Å². The summed E-state index contributed by atoms with van der Waals surface area (Å²) in [5.74, 6) is -0.902. The molecule has 1 atom stereocenters. The molecular formula is C17H17FN2O3. The van der Waals surface area contributed by atoms with E-state index < -0.39 is 18.0 Å². The van der Waals surface area contributed by atoms with Crippen molar-refractivity contribution >= 4 is 12.0 Å². The number of halogens is 1. The van der Waals surface area contributed by atoms with Crippen LogP contribution in [0.25, 0.3) is 0 Å². The lowest BCUT2D eigenvalue weighted by molar-refractivity contribution is -0.143. The van der Waals surface area contributed by atoms with Gasteiger partial charge in [-0.1, -0.05) is 42.5 Å². The second-order valence-electron chi connectivity index (χ2n) is 4.82. The number of hydrogen-bond acceptors (Lipinski definition) is 3. The van der Waals surface area contributed by atoms with Crippen molar-refractivity contribution in [2.24, 2.45) is 0 Å². The summed E-state index contributed by atoms with van der Waals surface area (Å²) in [7, 11) is 1.26. The fraction of sp³-hybridized carbons (Fsp3) is 0.176. The van der Waals surface area contributed by atoms with E-state index in [1.54, 1.807) is 36.4 Å². The molecule has 6 heteroatoms. The van der Waals surface area contributed by atoms with Crippen LogP contribution in [-0.4, -0.2) is 19.1 Å². The molecule has 0 saturated carbocycles. The number of methoxy groups -OCH3 is 1. The number of ether oxygens (including phenoxy) is 1. The van der Waals surface area contributed by atoms with Crippen LogP contribution in [0.4, 0.5) is 9.18 Å². The number of amides is 2. The maximum atomic E-state index is 12.8. The van der Waals surface area contributed by atoms with Crippen molar-refractivity contribution in [1.29, 1.82) is 0 Å². The van der Waals surface area contributed by atoms with E-state index in [0.717, 1.165) is 5.56 Å². The average Bonchev–Trinajstić information content (AvgIpc) is 2.59. The van der Waals surface area contributed by atoms with Gasteiger partial charge in [-0.2, -0.15) is 0 Å². The van der Waals surface area contributed by atoms with Crippen molar-refractivity contribution < 1.29 is 18.7 Å². The van der Waals surface area contributed by atoms with E-state index in [1.807, 2.05) is 6.07 Å². The summed E-state index contributed by atoms with van der Waals surface area (Å²) in [5, 5.41) is 5.18.